The summed E-state index contributed by atoms with van der Waals surface area (Å²) in [5.74, 6) is -0.601. The number of rotatable bonds is 3. The van der Waals surface area contributed by atoms with Crippen LogP contribution in [0.5, 0.6) is 0 Å². The number of nitrogens with one attached hydrogen (secondary N) is 1. The van der Waals surface area contributed by atoms with Crippen LogP contribution in [0.1, 0.15) is 31.1 Å². The molecule has 3 rings (SSSR count). The Labute approximate surface area is 165 Å². The summed E-state index contributed by atoms with van der Waals surface area (Å²) in [6.45, 7) is 8.78. The van der Waals surface area contributed by atoms with E-state index in [0.717, 1.165) is 18.8 Å². The normalized spacial score (nSPS) is 14.7. The summed E-state index contributed by atoms with van der Waals surface area (Å²) < 4.78 is 13.3. The maximum atomic E-state index is 13.3. The molecule has 0 unspecified atom stereocenters. The van der Waals surface area contributed by atoms with E-state index in [0.29, 0.717) is 18.8 Å². The molecule has 0 radical (unpaired) electrons. The summed E-state index contributed by atoms with van der Waals surface area (Å²) >= 11 is 0. The van der Waals surface area contributed by atoms with Crippen molar-refractivity contribution in [2.45, 2.75) is 20.8 Å². The largest absolute Gasteiger partial charge is 0.368 e. The quantitative estimate of drug-likeness (QED) is 0.878. The van der Waals surface area contributed by atoms with Crippen LogP contribution in [0.25, 0.3) is 0 Å². The highest BCUT2D eigenvalue weighted by Crippen LogP contribution is 2.23. The van der Waals surface area contributed by atoms with Crippen molar-refractivity contribution in [2.75, 3.05) is 36.4 Å². The minimum Gasteiger partial charge on any atom is -0.368 e. The van der Waals surface area contributed by atoms with Gasteiger partial charge in [0.2, 0.25) is 5.91 Å². The molecule has 28 heavy (non-hydrogen) atoms. The third-order valence-electron chi connectivity index (χ3n) is 4.79. The van der Waals surface area contributed by atoms with Gasteiger partial charge in [0.05, 0.1) is 0 Å². The van der Waals surface area contributed by atoms with Crippen LogP contribution in [-0.4, -0.2) is 42.9 Å². The first-order chi connectivity index (χ1) is 13.2. The van der Waals surface area contributed by atoms with Gasteiger partial charge in [-0.1, -0.05) is 26.8 Å². The number of anilines is 2. The zero-order chi connectivity index (χ0) is 20.3. The Balaban J connectivity index is 1.58. The molecule has 0 atom stereocenters. The molecule has 2 aromatic carbocycles. The zero-order valence-electron chi connectivity index (χ0n) is 16.5. The number of carbonyl (C=O) groups is 2. The number of benzene rings is 2. The molecule has 0 saturated carbocycles. The van der Waals surface area contributed by atoms with Gasteiger partial charge in [0, 0.05) is 48.5 Å². The standard InChI is InChI=1S/C22H26FN3O2/c1-22(2,3)21(28)26-13-11-25(12-14-26)19-9-7-18(8-10-19)24-20(27)16-5-4-6-17(23)15-16/h4-10,15H,11-14H2,1-3H3,(H,24,27). The van der Waals surface area contributed by atoms with Gasteiger partial charge in [-0.3, -0.25) is 9.59 Å². The summed E-state index contributed by atoms with van der Waals surface area (Å²) in [5.41, 5.74) is 1.62. The molecule has 1 heterocycles. The molecule has 1 N–H and O–H groups in total. The minimum absolute atomic E-state index is 0.183. The van der Waals surface area contributed by atoms with Gasteiger partial charge in [-0.2, -0.15) is 0 Å². The van der Waals surface area contributed by atoms with E-state index in [9.17, 15) is 14.0 Å². The van der Waals surface area contributed by atoms with E-state index >= 15 is 0 Å². The van der Waals surface area contributed by atoms with Crippen molar-refractivity contribution in [3.8, 4) is 0 Å². The Morgan fingerprint density at radius 2 is 1.61 bits per heavy atom. The number of nitrogens with zero attached hydrogens (tertiary/aromatic N) is 2. The van der Waals surface area contributed by atoms with Crippen LogP contribution < -0.4 is 10.2 Å². The van der Waals surface area contributed by atoms with Gasteiger partial charge in [0.25, 0.3) is 5.91 Å². The van der Waals surface area contributed by atoms with Crippen LogP contribution in [-0.2, 0) is 4.79 Å². The fourth-order valence-electron chi connectivity index (χ4n) is 3.23. The number of piperazine rings is 1. The van der Waals surface area contributed by atoms with Crippen molar-refractivity contribution in [1.82, 2.24) is 4.90 Å². The highest BCUT2D eigenvalue weighted by atomic mass is 19.1. The summed E-state index contributed by atoms with van der Waals surface area (Å²) in [7, 11) is 0. The fourth-order valence-corrected chi connectivity index (χ4v) is 3.23. The molecule has 5 nitrogen and oxygen atoms in total. The van der Waals surface area contributed by atoms with Crippen molar-refractivity contribution >= 4 is 23.2 Å². The molecule has 0 spiro atoms. The Bertz CT molecular complexity index is 851. The zero-order valence-corrected chi connectivity index (χ0v) is 16.5. The predicted molar refractivity (Wildman–Crippen MR) is 109 cm³/mol. The molecule has 1 fully saturated rings. The van der Waals surface area contributed by atoms with Gasteiger partial charge in [-0.25, -0.2) is 4.39 Å². The summed E-state index contributed by atoms with van der Waals surface area (Å²) in [6.07, 6.45) is 0. The van der Waals surface area contributed by atoms with Crippen LogP contribution in [0.4, 0.5) is 15.8 Å². The van der Waals surface area contributed by atoms with Gasteiger partial charge < -0.3 is 15.1 Å². The highest BCUT2D eigenvalue weighted by molar-refractivity contribution is 6.04. The lowest BCUT2D eigenvalue weighted by atomic mass is 9.94. The molecule has 1 aliphatic heterocycles. The molecule has 148 valence electrons. The summed E-state index contributed by atoms with van der Waals surface area (Å²) in [5, 5.41) is 2.78. The Morgan fingerprint density at radius 1 is 0.964 bits per heavy atom. The second kappa shape index (κ2) is 8.00. The van der Waals surface area contributed by atoms with Gasteiger partial charge in [-0.15, -0.1) is 0 Å². The van der Waals surface area contributed by atoms with E-state index in [4.69, 9.17) is 0 Å². The Morgan fingerprint density at radius 3 is 2.18 bits per heavy atom. The van der Waals surface area contributed by atoms with Crippen molar-refractivity contribution in [3.63, 3.8) is 0 Å². The molecule has 1 saturated heterocycles. The number of carbonyl (C=O) groups excluding carboxylic acids is 2. The van der Waals surface area contributed by atoms with Gasteiger partial charge in [0.1, 0.15) is 5.82 Å². The van der Waals surface area contributed by atoms with E-state index in [2.05, 4.69) is 10.2 Å². The Kier molecular flexibility index (Phi) is 5.68. The molecule has 0 bridgehead atoms. The van der Waals surface area contributed by atoms with Crippen LogP contribution in [0.15, 0.2) is 48.5 Å². The van der Waals surface area contributed by atoms with Crippen molar-refractivity contribution in [1.29, 1.82) is 0 Å². The summed E-state index contributed by atoms with van der Waals surface area (Å²) in [6, 6.07) is 13.2. The van der Waals surface area contributed by atoms with E-state index in [1.807, 2.05) is 49.9 Å². The van der Waals surface area contributed by atoms with Gasteiger partial charge >= 0.3 is 0 Å². The maximum Gasteiger partial charge on any atom is 0.255 e. The van der Waals surface area contributed by atoms with Crippen molar-refractivity contribution in [3.05, 3.63) is 59.9 Å². The molecule has 0 aliphatic carbocycles. The van der Waals surface area contributed by atoms with Crippen LogP contribution >= 0.6 is 0 Å². The second-order valence-corrected chi connectivity index (χ2v) is 8.04. The van der Waals surface area contributed by atoms with Crippen LogP contribution in [0, 0.1) is 11.2 Å². The molecule has 2 amide bonds. The molecule has 2 aromatic rings. The van der Waals surface area contributed by atoms with Crippen molar-refractivity contribution < 1.29 is 14.0 Å². The van der Waals surface area contributed by atoms with E-state index in [-0.39, 0.29) is 22.8 Å². The fraction of sp³-hybridized carbons (Fsp3) is 0.364. The first kappa shape index (κ1) is 19.9. The number of hydrogen-bond acceptors (Lipinski definition) is 3. The predicted octanol–water partition coefficient (Wildman–Crippen LogP) is 3.77. The molecule has 1 aliphatic rings. The maximum absolute atomic E-state index is 13.3. The van der Waals surface area contributed by atoms with Crippen LogP contribution in [0.2, 0.25) is 0 Å². The lowest BCUT2D eigenvalue weighted by molar-refractivity contribution is -0.139. The SMILES string of the molecule is CC(C)(C)C(=O)N1CCN(c2ccc(NC(=O)c3cccc(F)c3)cc2)CC1. The molecule has 6 heteroatoms. The van der Waals surface area contributed by atoms with E-state index in [1.165, 1.54) is 18.2 Å². The topological polar surface area (TPSA) is 52.7 Å². The van der Waals surface area contributed by atoms with Crippen molar-refractivity contribution in [2.24, 2.45) is 5.41 Å². The first-order valence-electron chi connectivity index (χ1n) is 9.45. The first-order valence-corrected chi connectivity index (χ1v) is 9.45. The van der Waals surface area contributed by atoms with Crippen LogP contribution in [0.3, 0.4) is 0 Å². The number of halogens is 1. The molecular weight excluding hydrogens is 357 g/mol. The lowest BCUT2D eigenvalue weighted by Gasteiger charge is -2.38. The average Bonchev–Trinajstić information content (AvgIpc) is 2.67. The van der Waals surface area contributed by atoms with Gasteiger partial charge in [-0.05, 0) is 42.5 Å². The van der Waals surface area contributed by atoms with E-state index in [1.54, 1.807) is 6.07 Å². The Hall–Kier alpha value is -2.89. The minimum atomic E-state index is -0.438. The lowest BCUT2D eigenvalue weighted by Crippen LogP contribution is -2.51. The third-order valence-corrected chi connectivity index (χ3v) is 4.79. The number of amides is 2. The van der Waals surface area contributed by atoms with Gasteiger partial charge in [0.15, 0.2) is 0 Å². The highest BCUT2D eigenvalue weighted by Gasteiger charge is 2.29. The second-order valence-electron chi connectivity index (χ2n) is 8.04. The summed E-state index contributed by atoms with van der Waals surface area (Å²) in [4.78, 5) is 28.7. The monoisotopic (exact) mass is 383 g/mol. The smallest absolute Gasteiger partial charge is 0.255 e. The average molecular weight is 383 g/mol. The molecule has 0 aromatic heterocycles. The number of hydrogen-bond donors (Lipinski definition) is 1. The third kappa shape index (κ3) is 4.68. The van der Waals surface area contributed by atoms with E-state index < -0.39 is 5.82 Å². The molecular formula is C22H26FN3O2.